The van der Waals surface area contributed by atoms with Gasteiger partial charge in [-0.1, -0.05) is 34.5 Å². The maximum Gasteiger partial charge on any atom is 0.350 e. The number of ether oxygens (including phenoxy) is 3. The van der Waals surface area contributed by atoms with Gasteiger partial charge in [-0.2, -0.15) is 5.10 Å². The summed E-state index contributed by atoms with van der Waals surface area (Å²) in [5.41, 5.74) is 4.16. The van der Waals surface area contributed by atoms with Crippen molar-refractivity contribution in [1.29, 1.82) is 0 Å². The van der Waals surface area contributed by atoms with Gasteiger partial charge in [-0.25, -0.2) is 14.6 Å². The molecule has 2 aromatic carbocycles. The van der Waals surface area contributed by atoms with Gasteiger partial charge in [-0.3, -0.25) is 5.43 Å². The van der Waals surface area contributed by atoms with Crippen LogP contribution in [0.1, 0.15) is 31.3 Å². The van der Waals surface area contributed by atoms with Crippen molar-refractivity contribution >= 4 is 57.8 Å². The predicted molar refractivity (Wildman–Crippen MR) is 124 cm³/mol. The first-order valence-electron chi connectivity index (χ1n) is 9.02. The second-order valence-corrected chi connectivity index (χ2v) is 8.06. The maximum atomic E-state index is 12.4. The van der Waals surface area contributed by atoms with E-state index in [0.29, 0.717) is 32.0 Å². The molecule has 0 aliphatic rings. The van der Waals surface area contributed by atoms with Crippen LogP contribution in [0.25, 0.3) is 0 Å². The number of methoxy groups -OCH3 is 2. The zero-order valence-corrected chi connectivity index (χ0v) is 19.5. The molecule has 166 valence electrons. The van der Waals surface area contributed by atoms with E-state index in [9.17, 15) is 9.59 Å². The molecule has 1 aromatic heterocycles. The van der Waals surface area contributed by atoms with Crippen molar-refractivity contribution in [3.05, 3.63) is 68.1 Å². The van der Waals surface area contributed by atoms with Crippen LogP contribution < -0.4 is 14.9 Å². The number of esters is 2. The average molecular weight is 494 g/mol. The maximum absolute atomic E-state index is 12.4. The van der Waals surface area contributed by atoms with Crippen LogP contribution >= 0.6 is 34.5 Å². The third kappa shape index (κ3) is 5.56. The normalized spacial score (nSPS) is 10.8. The number of thiazole rings is 1. The fourth-order valence-corrected chi connectivity index (χ4v) is 3.87. The number of aryl methyl sites for hydroxylation is 1. The van der Waals surface area contributed by atoms with E-state index in [1.54, 1.807) is 31.2 Å². The second kappa shape index (κ2) is 10.4. The minimum absolute atomic E-state index is 0.179. The van der Waals surface area contributed by atoms with Gasteiger partial charge in [0.05, 0.1) is 36.7 Å². The van der Waals surface area contributed by atoms with Gasteiger partial charge in [0.1, 0.15) is 4.88 Å². The quantitative estimate of drug-likeness (QED) is 0.208. The summed E-state index contributed by atoms with van der Waals surface area (Å²) in [6.45, 7) is 1.71. The number of nitrogens with zero attached hydrogens (tertiary/aromatic N) is 2. The van der Waals surface area contributed by atoms with E-state index in [-0.39, 0.29) is 16.3 Å². The molecule has 0 bridgehead atoms. The van der Waals surface area contributed by atoms with Gasteiger partial charge < -0.3 is 14.2 Å². The zero-order chi connectivity index (χ0) is 23.3. The summed E-state index contributed by atoms with van der Waals surface area (Å²) in [5.74, 6) is -0.558. The molecule has 0 radical (unpaired) electrons. The number of hydrogen-bond acceptors (Lipinski definition) is 9. The Kier molecular flexibility index (Phi) is 7.68. The molecule has 0 unspecified atom stereocenters. The fourth-order valence-electron chi connectivity index (χ4n) is 2.55. The summed E-state index contributed by atoms with van der Waals surface area (Å²) in [7, 11) is 2.76. The molecule has 0 spiro atoms. The number of hydrogen-bond donors (Lipinski definition) is 1. The molecule has 3 rings (SSSR count). The number of nitrogens with one attached hydrogen (secondary N) is 1. The molecule has 8 nitrogen and oxygen atoms in total. The van der Waals surface area contributed by atoms with Crippen molar-refractivity contribution in [2.45, 2.75) is 6.92 Å². The first kappa shape index (κ1) is 23.5. The van der Waals surface area contributed by atoms with Gasteiger partial charge >= 0.3 is 11.9 Å². The molecule has 0 amide bonds. The Morgan fingerprint density at radius 1 is 1.09 bits per heavy atom. The molecule has 0 atom stereocenters. The Balaban J connectivity index is 1.71. The molecule has 0 saturated heterocycles. The highest BCUT2D eigenvalue weighted by Crippen LogP contribution is 2.30. The van der Waals surface area contributed by atoms with Gasteiger partial charge in [0.2, 0.25) is 5.13 Å². The van der Waals surface area contributed by atoms with Crippen molar-refractivity contribution in [2.75, 3.05) is 19.6 Å². The molecule has 0 aliphatic heterocycles. The number of rotatable bonds is 7. The third-order valence-electron chi connectivity index (χ3n) is 4.08. The molecule has 0 aliphatic carbocycles. The largest absolute Gasteiger partial charge is 0.493 e. The van der Waals surface area contributed by atoms with E-state index in [1.165, 1.54) is 32.6 Å². The average Bonchev–Trinajstić information content (AvgIpc) is 3.14. The molecular weight excluding hydrogens is 477 g/mol. The number of carbonyl (C=O) groups excluding carboxylic acids is 2. The van der Waals surface area contributed by atoms with Crippen LogP contribution in [0, 0.1) is 6.92 Å². The Morgan fingerprint density at radius 3 is 2.56 bits per heavy atom. The van der Waals surface area contributed by atoms with E-state index in [1.807, 2.05) is 0 Å². The Hall–Kier alpha value is -3.14. The first-order valence-corrected chi connectivity index (χ1v) is 10.6. The lowest BCUT2D eigenvalue weighted by Crippen LogP contribution is -2.10. The van der Waals surface area contributed by atoms with Crippen LogP contribution in [-0.2, 0) is 4.74 Å². The van der Waals surface area contributed by atoms with E-state index < -0.39 is 11.9 Å². The molecule has 0 fully saturated rings. The van der Waals surface area contributed by atoms with Crippen LogP contribution in [0.3, 0.4) is 0 Å². The van der Waals surface area contributed by atoms with Crippen LogP contribution in [0.15, 0.2) is 41.5 Å². The number of aromatic nitrogens is 1. The highest BCUT2D eigenvalue weighted by molar-refractivity contribution is 7.17. The Morgan fingerprint density at radius 2 is 1.88 bits per heavy atom. The predicted octanol–water partition coefficient (Wildman–Crippen LogP) is 5.22. The zero-order valence-electron chi connectivity index (χ0n) is 17.1. The molecule has 3 aromatic rings. The summed E-state index contributed by atoms with van der Waals surface area (Å²) >= 11 is 13.1. The van der Waals surface area contributed by atoms with Crippen LogP contribution in [0.5, 0.6) is 11.5 Å². The van der Waals surface area contributed by atoms with Gasteiger partial charge in [0.25, 0.3) is 0 Å². The Bertz CT molecular complexity index is 1200. The highest BCUT2D eigenvalue weighted by Gasteiger charge is 2.17. The monoisotopic (exact) mass is 493 g/mol. The molecular formula is C21H17Cl2N3O5S. The van der Waals surface area contributed by atoms with Gasteiger partial charge in [0, 0.05) is 5.02 Å². The smallest absolute Gasteiger partial charge is 0.350 e. The number of hydrazone groups is 1. The topological polar surface area (TPSA) is 99.1 Å². The van der Waals surface area contributed by atoms with Crippen molar-refractivity contribution in [2.24, 2.45) is 5.10 Å². The van der Waals surface area contributed by atoms with Crippen LogP contribution in [-0.4, -0.2) is 37.4 Å². The van der Waals surface area contributed by atoms with Crippen molar-refractivity contribution in [3.8, 4) is 11.5 Å². The number of anilines is 1. The van der Waals surface area contributed by atoms with E-state index in [0.717, 1.165) is 11.3 Å². The van der Waals surface area contributed by atoms with E-state index in [2.05, 4.69) is 15.5 Å². The van der Waals surface area contributed by atoms with E-state index >= 15 is 0 Å². The molecule has 32 heavy (non-hydrogen) atoms. The minimum atomic E-state index is -0.645. The number of benzene rings is 2. The lowest BCUT2D eigenvalue weighted by Gasteiger charge is -2.10. The number of halogens is 2. The molecule has 11 heteroatoms. The molecule has 1 N–H and O–H groups in total. The minimum Gasteiger partial charge on any atom is -0.493 e. The Labute approximate surface area is 197 Å². The van der Waals surface area contributed by atoms with E-state index in [4.69, 9.17) is 37.4 Å². The van der Waals surface area contributed by atoms with Gasteiger partial charge in [-0.05, 0) is 48.9 Å². The SMILES string of the molecule is COC(=O)c1sc(N/N=C/c2ccc(OC(=O)c3ccc(Cl)cc3Cl)c(OC)c2)nc1C. The van der Waals surface area contributed by atoms with Crippen LogP contribution in [0.2, 0.25) is 10.0 Å². The molecule has 0 saturated carbocycles. The van der Waals surface area contributed by atoms with Crippen molar-refractivity contribution < 1.29 is 23.8 Å². The lowest BCUT2D eigenvalue weighted by atomic mass is 10.2. The summed E-state index contributed by atoms with van der Waals surface area (Å²) in [5, 5.41) is 5.15. The second-order valence-electron chi connectivity index (χ2n) is 6.22. The lowest BCUT2D eigenvalue weighted by molar-refractivity contribution is 0.0604. The number of carbonyl (C=O) groups is 2. The summed E-state index contributed by atoms with van der Waals surface area (Å²) < 4.78 is 15.4. The third-order valence-corrected chi connectivity index (χ3v) is 5.67. The fraction of sp³-hybridized carbons (Fsp3) is 0.143. The summed E-state index contributed by atoms with van der Waals surface area (Å²) in [6, 6.07) is 9.40. The van der Waals surface area contributed by atoms with Crippen molar-refractivity contribution in [3.63, 3.8) is 0 Å². The van der Waals surface area contributed by atoms with Crippen molar-refractivity contribution in [1.82, 2.24) is 4.98 Å². The highest BCUT2D eigenvalue weighted by atomic mass is 35.5. The molecule has 1 heterocycles. The van der Waals surface area contributed by atoms with Gasteiger partial charge in [-0.15, -0.1) is 0 Å². The standard InChI is InChI=1S/C21H17Cl2N3O5S/c1-11-18(20(28)30-3)32-21(25-11)26-24-10-12-4-7-16(17(8-12)29-2)31-19(27)14-6-5-13(22)9-15(14)23/h4-10H,1-3H3,(H,25,26)/b24-10+. The first-order chi connectivity index (χ1) is 15.3. The summed E-state index contributed by atoms with van der Waals surface area (Å²) in [4.78, 5) is 28.7. The van der Waals surface area contributed by atoms with Crippen LogP contribution in [0.4, 0.5) is 5.13 Å². The van der Waals surface area contributed by atoms with Gasteiger partial charge in [0.15, 0.2) is 11.5 Å². The summed E-state index contributed by atoms with van der Waals surface area (Å²) in [6.07, 6.45) is 1.53.